The Kier molecular flexibility index (Phi) is 7.94. The molecule has 6 nitrogen and oxygen atoms in total. The molecule has 2 heterocycles. The number of carbonyl (C=O) groups is 1. The molecule has 0 atom stereocenters. The molecule has 3 aromatic rings. The zero-order valence-electron chi connectivity index (χ0n) is 16.4. The van der Waals surface area contributed by atoms with Crippen LogP contribution in [-0.4, -0.2) is 42.2 Å². The molecule has 1 aromatic heterocycles. The number of hydrogen-bond acceptors (Lipinski definition) is 6. The molecule has 0 amide bonds. The molecule has 0 radical (unpaired) electrons. The minimum absolute atomic E-state index is 0. The van der Waals surface area contributed by atoms with Gasteiger partial charge in [-0.2, -0.15) is 0 Å². The van der Waals surface area contributed by atoms with Gasteiger partial charge in [0.2, 0.25) is 0 Å². The molecule has 1 aliphatic rings. The number of carboxylic acids is 1. The van der Waals surface area contributed by atoms with E-state index < -0.39 is 5.97 Å². The molecule has 0 spiro atoms. The van der Waals surface area contributed by atoms with Crippen molar-refractivity contribution in [1.82, 2.24) is 9.97 Å². The van der Waals surface area contributed by atoms with Crippen molar-refractivity contribution in [3.8, 4) is 11.4 Å². The van der Waals surface area contributed by atoms with Crippen LogP contribution in [0.15, 0.2) is 60.7 Å². The van der Waals surface area contributed by atoms with Gasteiger partial charge in [0.15, 0.2) is 5.82 Å². The third-order valence-corrected chi connectivity index (χ3v) is 4.73. The molecule has 142 valence electrons. The summed E-state index contributed by atoms with van der Waals surface area (Å²) >= 11 is 0. The van der Waals surface area contributed by atoms with Crippen LogP contribution >= 0.6 is 0 Å². The predicted octanol–water partition coefficient (Wildman–Crippen LogP) is -1.06. The van der Waals surface area contributed by atoms with E-state index in [0.29, 0.717) is 50.1 Å². The minimum atomic E-state index is -1.26. The number of benzene rings is 2. The van der Waals surface area contributed by atoms with Gasteiger partial charge in [0.1, 0.15) is 5.82 Å². The van der Waals surface area contributed by atoms with Gasteiger partial charge in [0, 0.05) is 25.1 Å². The molecule has 4 rings (SSSR count). The van der Waals surface area contributed by atoms with Crippen LogP contribution in [0.4, 0.5) is 5.82 Å². The van der Waals surface area contributed by atoms with Crippen LogP contribution < -0.4 is 61.4 Å². The first-order chi connectivity index (χ1) is 13.7. The van der Waals surface area contributed by atoms with Gasteiger partial charge in [0.25, 0.3) is 0 Å². The van der Waals surface area contributed by atoms with E-state index in [4.69, 9.17) is 4.74 Å². The second-order valence-electron chi connectivity index (χ2n) is 6.61. The molecule has 0 saturated carbocycles. The maximum absolute atomic E-state index is 12.1. The van der Waals surface area contributed by atoms with E-state index in [1.54, 1.807) is 0 Å². The number of hydrogen-bond donors (Lipinski definition) is 0. The zero-order chi connectivity index (χ0) is 19.3. The molecule has 0 bridgehead atoms. The molecule has 0 aliphatic carbocycles. The number of anilines is 1. The number of carboxylic acid groups (broad SMARTS) is 1. The summed E-state index contributed by atoms with van der Waals surface area (Å²) in [6.45, 7) is 2.23. The van der Waals surface area contributed by atoms with Crippen molar-refractivity contribution in [2.24, 2.45) is 0 Å². The topological polar surface area (TPSA) is 78.4 Å². The first-order valence-electron chi connectivity index (χ1n) is 9.26. The molecule has 1 aliphatic heterocycles. The van der Waals surface area contributed by atoms with E-state index in [-0.39, 0.29) is 56.9 Å². The summed E-state index contributed by atoms with van der Waals surface area (Å²) in [4.78, 5) is 23.3. The average Bonchev–Trinajstić information content (AvgIpc) is 2.75. The van der Waals surface area contributed by atoms with Gasteiger partial charge in [-0.1, -0.05) is 60.7 Å². The molecule has 0 unspecified atom stereocenters. The van der Waals surface area contributed by atoms with Crippen molar-refractivity contribution in [3.05, 3.63) is 77.5 Å². The molecule has 2 aromatic carbocycles. The molecule has 0 N–H and O–H groups in total. The third-order valence-electron chi connectivity index (χ3n) is 4.73. The Hall–Kier alpha value is -1.61. The molecular formula is C22H20KN3O3. The van der Waals surface area contributed by atoms with E-state index >= 15 is 0 Å². The van der Waals surface area contributed by atoms with Crippen LogP contribution in [0.25, 0.3) is 11.4 Å². The second-order valence-corrected chi connectivity index (χ2v) is 6.61. The molecule has 1 fully saturated rings. The van der Waals surface area contributed by atoms with Gasteiger partial charge in [-0.25, -0.2) is 9.97 Å². The van der Waals surface area contributed by atoms with Crippen LogP contribution in [0.3, 0.4) is 0 Å². The monoisotopic (exact) mass is 413 g/mol. The van der Waals surface area contributed by atoms with Gasteiger partial charge >= 0.3 is 51.4 Å². The maximum Gasteiger partial charge on any atom is 1.00 e. The smallest absolute Gasteiger partial charge is 0.545 e. The third kappa shape index (κ3) is 5.31. The Bertz CT molecular complexity index is 962. The van der Waals surface area contributed by atoms with Crippen molar-refractivity contribution in [2.75, 3.05) is 31.2 Å². The second kappa shape index (κ2) is 10.4. The Morgan fingerprint density at radius 3 is 2.21 bits per heavy atom. The van der Waals surface area contributed by atoms with E-state index in [1.165, 1.54) is 0 Å². The summed E-state index contributed by atoms with van der Waals surface area (Å²) in [6.07, 6.45) is 0.393. The number of rotatable bonds is 5. The number of nitrogens with zero attached hydrogens (tertiary/aromatic N) is 3. The van der Waals surface area contributed by atoms with Crippen LogP contribution in [0.1, 0.15) is 21.6 Å². The summed E-state index contributed by atoms with van der Waals surface area (Å²) in [5, 5.41) is 12.1. The van der Waals surface area contributed by atoms with Crippen LogP contribution in [0, 0.1) is 0 Å². The van der Waals surface area contributed by atoms with Crippen molar-refractivity contribution >= 4 is 11.8 Å². The van der Waals surface area contributed by atoms with Gasteiger partial charge in [0.05, 0.1) is 30.4 Å². The van der Waals surface area contributed by atoms with Gasteiger partial charge in [-0.3, -0.25) is 0 Å². The van der Waals surface area contributed by atoms with Gasteiger partial charge in [-0.15, -0.1) is 0 Å². The fraction of sp³-hybridized carbons (Fsp3) is 0.227. The minimum Gasteiger partial charge on any atom is -0.545 e. The van der Waals surface area contributed by atoms with Crippen LogP contribution in [0.5, 0.6) is 0 Å². The van der Waals surface area contributed by atoms with Gasteiger partial charge < -0.3 is 19.5 Å². The Labute approximate surface area is 212 Å². The van der Waals surface area contributed by atoms with Crippen LogP contribution in [0.2, 0.25) is 0 Å². The van der Waals surface area contributed by atoms with E-state index in [0.717, 1.165) is 11.1 Å². The number of carbonyl (C=O) groups excluding carboxylic acids is 1. The van der Waals surface area contributed by atoms with Crippen molar-refractivity contribution in [2.45, 2.75) is 6.42 Å². The summed E-state index contributed by atoms with van der Waals surface area (Å²) in [6, 6.07) is 19.3. The van der Waals surface area contributed by atoms with Crippen molar-refractivity contribution < 1.29 is 66.0 Å². The number of aromatic carboxylic acids is 1. The van der Waals surface area contributed by atoms with Crippen molar-refractivity contribution in [1.29, 1.82) is 0 Å². The quantitative estimate of drug-likeness (QED) is 0.496. The normalized spacial score (nSPS) is 13.6. The first kappa shape index (κ1) is 22.1. The fourth-order valence-electron chi connectivity index (χ4n) is 3.34. The summed E-state index contributed by atoms with van der Waals surface area (Å²) < 4.78 is 5.41. The fourth-order valence-corrected chi connectivity index (χ4v) is 3.34. The first-order valence-corrected chi connectivity index (χ1v) is 9.26. The van der Waals surface area contributed by atoms with Crippen molar-refractivity contribution in [3.63, 3.8) is 0 Å². The molecular weight excluding hydrogens is 393 g/mol. The van der Waals surface area contributed by atoms with Crippen LogP contribution in [-0.2, 0) is 11.2 Å². The Morgan fingerprint density at radius 1 is 0.966 bits per heavy atom. The summed E-state index contributed by atoms with van der Waals surface area (Å²) in [5.74, 6) is -0.340. The van der Waals surface area contributed by atoms with E-state index in [1.807, 2.05) is 65.6 Å². The number of ether oxygens (including phenoxy) is 1. The molecule has 29 heavy (non-hydrogen) atoms. The summed E-state index contributed by atoms with van der Waals surface area (Å²) in [7, 11) is 0. The van der Waals surface area contributed by atoms with E-state index in [2.05, 4.69) is 9.97 Å². The molecule has 1 saturated heterocycles. The Balaban J connectivity index is 0.00000240. The predicted molar refractivity (Wildman–Crippen MR) is 104 cm³/mol. The summed E-state index contributed by atoms with van der Waals surface area (Å²) in [5.41, 5.74) is 2.35. The molecule has 7 heteroatoms. The average molecular weight is 414 g/mol. The number of morpholine rings is 1. The SMILES string of the molecule is O=C([O-])c1c(Cc2ccccc2)nc(-c2ccccc2)nc1N1CCOCC1.[K+]. The van der Waals surface area contributed by atoms with Gasteiger partial charge in [-0.05, 0) is 5.56 Å². The largest absolute Gasteiger partial charge is 1.00 e. The standard InChI is InChI=1S/C22H21N3O3.K/c26-22(27)19-18(15-16-7-3-1-4-8-16)23-20(17-9-5-2-6-10-17)24-21(19)25-11-13-28-14-12-25;/h1-10H,11-15H2,(H,26,27);/q;+1/p-1. The Morgan fingerprint density at radius 2 is 1.59 bits per heavy atom. The number of aromatic nitrogens is 2. The zero-order valence-corrected chi connectivity index (χ0v) is 19.5. The maximum atomic E-state index is 12.1. The van der Waals surface area contributed by atoms with E-state index in [9.17, 15) is 9.90 Å².